The molecule has 3 aromatic rings. The molecule has 0 fully saturated rings. The molecule has 14 heteroatoms. The zero-order valence-electron chi connectivity index (χ0n) is 18.5. The first-order valence-corrected chi connectivity index (χ1v) is 13.2. The van der Waals surface area contributed by atoms with Gasteiger partial charge in [0.15, 0.2) is 5.65 Å². The Morgan fingerprint density at radius 1 is 1.29 bits per heavy atom. The molecule has 0 spiro atoms. The number of imidazole rings is 1. The van der Waals surface area contributed by atoms with E-state index in [9.17, 15) is 22.6 Å². The average molecular weight is 519 g/mol. The summed E-state index contributed by atoms with van der Waals surface area (Å²) in [7, 11) is -4.51. The Bertz CT molecular complexity index is 1180. The first-order chi connectivity index (χ1) is 16.0. The quantitative estimate of drug-likeness (QED) is 0.277. The number of anilines is 1. The molecule has 0 saturated carbocycles. The molecule has 9 nitrogen and oxygen atoms in total. The number of nitrogens with zero attached hydrogens (tertiary/aromatic N) is 4. The molecule has 0 aliphatic carbocycles. The summed E-state index contributed by atoms with van der Waals surface area (Å²) in [5, 5.41) is 0.507. The van der Waals surface area contributed by atoms with E-state index < -0.39 is 32.2 Å². The normalized spacial score (nSPS) is 14.8. The van der Waals surface area contributed by atoms with Crippen LogP contribution in [0.2, 0.25) is 0 Å². The number of benzene rings is 1. The molecule has 2 unspecified atom stereocenters. The number of nitrogens with two attached hydrogens (primary N) is 1. The van der Waals surface area contributed by atoms with E-state index in [4.69, 9.17) is 15.2 Å². The zero-order valence-corrected chi connectivity index (χ0v) is 20.2. The van der Waals surface area contributed by atoms with E-state index in [0.717, 1.165) is 11.3 Å². The Morgan fingerprint density at radius 3 is 2.74 bits per heavy atom. The maximum absolute atomic E-state index is 12.4. The second kappa shape index (κ2) is 10.9. The highest BCUT2D eigenvalue weighted by Crippen LogP contribution is 2.45. The van der Waals surface area contributed by atoms with Crippen molar-refractivity contribution >= 4 is 36.2 Å². The van der Waals surface area contributed by atoms with E-state index >= 15 is 0 Å². The molecule has 0 aliphatic heterocycles. The largest absolute Gasteiger partial charge is 0.492 e. The molecule has 0 radical (unpaired) electrons. The van der Waals surface area contributed by atoms with Crippen molar-refractivity contribution in [2.75, 3.05) is 24.9 Å². The topological polar surface area (TPSA) is 125 Å². The second-order valence-corrected chi connectivity index (χ2v) is 10.9. The van der Waals surface area contributed by atoms with Crippen LogP contribution in [0.25, 0.3) is 11.2 Å². The second-order valence-electron chi connectivity index (χ2n) is 7.58. The number of halogens is 3. The SMILES string of the molecule is CCCOc1ccccc1Sc1nc(N)nc2c1ncn2CC(C)OCP(=O)(O)CC(F)(F)F. The number of para-hydroxylation sites is 1. The predicted molar refractivity (Wildman–Crippen MR) is 122 cm³/mol. The maximum atomic E-state index is 12.4. The van der Waals surface area contributed by atoms with Crippen molar-refractivity contribution in [2.24, 2.45) is 0 Å². The van der Waals surface area contributed by atoms with Gasteiger partial charge < -0.3 is 24.7 Å². The summed E-state index contributed by atoms with van der Waals surface area (Å²) in [6.45, 7) is 4.27. The van der Waals surface area contributed by atoms with Crippen LogP contribution in [0, 0.1) is 0 Å². The summed E-state index contributed by atoms with van der Waals surface area (Å²) in [6.07, 6.45) is -5.81. The van der Waals surface area contributed by atoms with Gasteiger partial charge in [-0.15, -0.1) is 0 Å². The fraction of sp³-hybridized carbons (Fsp3) is 0.450. The smallest absolute Gasteiger partial charge is 0.398 e. The third-order valence-corrected chi connectivity index (χ3v) is 6.85. The summed E-state index contributed by atoms with van der Waals surface area (Å²) in [5.41, 5.74) is 6.79. The molecule has 34 heavy (non-hydrogen) atoms. The highest BCUT2D eigenvalue weighted by Gasteiger charge is 2.38. The van der Waals surface area contributed by atoms with Gasteiger partial charge in [0.2, 0.25) is 13.3 Å². The number of rotatable bonds is 11. The molecule has 1 aromatic carbocycles. The zero-order chi connectivity index (χ0) is 24.9. The Balaban J connectivity index is 1.77. The van der Waals surface area contributed by atoms with Gasteiger partial charge in [-0.2, -0.15) is 18.2 Å². The van der Waals surface area contributed by atoms with Crippen molar-refractivity contribution in [1.82, 2.24) is 19.5 Å². The fourth-order valence-electron chi connectivity index (χ4n) is 3.01. The summed E-state index contributed by atoms with van der Waals surface area (Å²) in [6, 6.07) is 7.49. The van der Waals surface area contributed by atoms with E-state index in [1.54, 1.807) is 11.5 Å². The van der Waals surface area contributed by atoms with Crippen molar-refractivity contribution in [3.8, 4) is 5.75 Å². The van der Waals surface area contributed by atoms with Gasteiger partial charge in [0, 0.05) is 0 Å². The molecule has 3 rings (SSSR count). The maximum Gasteiger partial charge on any atom is 0.398 e. The van der Waals surface area contributed by atoms with Crippen LogP contribution in [0.4, 0.5) is 19.1 Å². The van der Waals surface area contributed by atoms with Crippen molar-refractivity contribution in [2.45, 2.75) is 49.0 Å². The molecule has 2 heterocycles. The van der Waals surface area contributed by atoms with Crippen LogP contribution >= 0.6 is 19.1 Å². The lowest BCUT2D eigenvalue weighted by Gasteiger charge is -2.18. The van der Waals surface area contributed by atoms with Gasteiger partial charge in [0.05, 0.1) is 30.5 Å². The first kappa shape index (κ1) is 26.3. The van der Waals surface area contributed by atoms with Gasteiger partial charge in [-0.05, 0) is 25.5 Å². The minimum atomic E-state index is -4.75. The van der Waals surface area contributed by atoms with Gasteiger partial charge in [-0.3, -0.25) is 4.57 Å². The lowest BCUT2D eigenvalue weighted by molar-refractivity contribution is -0.108. The van der Waals surface area contributed by atoms with Gasteiger partial charge in [-0.25, -0.2) is 9.97 Å². The molecule has 186 valence electrons. The molecule has 2 atom stereocenters. The van der Waals surface area contributed by atoms with Crippen LogP contribution < -0.4 is 10.5 Å². The Labute approximate surface area is 198 Å². The van der Waals surface area contributed by atoms with E-state index in [0.29, 0.717) is 28.5 Å². The van der Waals surface area contributed by atoms with E-state index in [-0.39, 0.29) is 12.5 Å². The van der Waals surface area contributed by atoms with Crippen LogP contribution in [-0.4, -0.2) is 55.8 Å². The third kappa shape index (κ3) is 7.33. The third-order valence-electron chi connectivity index (χ3n) is 4.41. The molecular weight excluding hydrogens is 494 g/mol. The number of fused-ring (bicyclic) bond motifs is 1. The number of hydrogen-bond acceptors (Lipinski definition) is 8. The van der Waals surface area contributed by atoms with Gasteiger partial charge in [0.25, 0.3) is 0 Å². The number of hydrogen-bond donors (Lipinski definition) is 2. The number of alkyl halides is 3. The van der Waals surface area contributed by atoms with Crippen molar-refractivity contribution in [1.29, 1.82) is 0 Å². The lowest BCUT2D eigenvalue weighted by atomic mass is 10.3. The fourth-order valence-corrected chi connectivity index (χ4v) is 5.11. The van der Waals surface area contributed by atoms with Crippen LogP contribution in [0.5, 0.6) is 5.75 Å². The Morgan fingerprint density at radius 2 is 2.03 bits per heavy atom. The highest BCUT2D eigenvalue weighted by molar-refractivity contribution is 7.99. The van der Waals surface area contributed by atoms with Gasteiger partial charge in [0.1, 0.15) is 28.8 Å². The first-order valence-electron chi connectivity index (χ1n) is 10.3. The Hall–Kier alpha value is -2.34. The van der Waals surface area contributed by atoms with Gasteiger partial charge >= 0.3 is 6.18 Å². The molecule has 0 aliphatic rings. The van der Waals surface area contributed by atoms with Crippen LogP contribution in [0.3, 0.4) is 0 Å². The molecule has 0 bridgehead atoms. The minimum Gasteiger partial charge on any atom is -0.492 e. The van der Waals surface area contributed by atoms with Crippen molar-refractivity contribution in [3.63, 3.8) is 0 Å². The van der Waals surface area contributed by atoms with E-state index in [1.807, 2.05) is 31.2 Å². The van der Waals surface area contributed by atoms with E-state index in [2.05, 4.69) is 15.0 Å². The number of aromatic nitrogens is 4. The summed E-state index contributed by atoms with van der Waals surface area (Å²) < 4.78 is 61.7. The standard InChI is InChI=1S/C20H25F3N5O4PS/c1-3-8-31-14-6-4-5-7-15(14)34-18-16-17(26-19(24)27-18)28(11-25-16)9-13(2)32-12-33(29,30)10-20(21,22)23/h4-7,11,13H,3,8-10,12H2,1-2H3,(H,29,30)(H2,24,26,27). The molecule has 0 saturated heterocycles. The predicted octanol–water partition coefficient (Wildman–Crippen LogP) is 4.54. The minimum absolute atomic E-state index is 0.0160. The van der Waals surface area contributed by atoms with Gasteiger partial charge in [-0.1, -0.05) is 30.8 Å². The highest BCUT2D eigenvalue weighted by atomic mass is 32.2. The molecule has 0 amide bonds. The monoisotopic (exact) mass is 519 g/mol. The average Bonchev–Trinajstić information content (AvgIpc) is 3.12. The summed E-state index contributed by atoms with van der Waals surface area (Å²) >= 11 is 1.32. The van der Waals surface area contributed by atoms with E-state index in [1.165, 1.54) is 18.1 Å². The van der Waals surface area contributed by atoms with Crippen molar-refractivity contribution in [3.05, 3.63) is 30.6 Å². The number of ether oxygens (including phenoxy) is 2. The summed E-state index contributed by atoms with van der Waals surface area (Å²) in [5.74, 6) is 0.718. The molecule has 3 N–H and O–H groups in total. The van der Waals surface area contributed by atoms with Crippen LogP contribution in [-0.2, 0) is 15.8 Å². The lowest BCUT2D eigenvalue weighted by Crippen LogP contribution is -2.20. The Kier molecular flexibility index (Phi) is 8.45. The molecule has 2 aromatic heterocycles. The number of nitrogen functional groups attached to an aromatic ring is 1. The molecular formula is C20H25F3N5O4PS. The van der Waals surface area contributed by atoms with Crippen molar-refractivity contribution < 1.29 is 32.1 Å². The van der Waals surface area contributed by atoms with Crippen LogP contribution in [0.1, 0.15) is 20.3 Å². The summed E-state index contributed by atoms with van der Waals surface area (Å²) in [4.78, 5) is 23.3. The van der Waals surface area contributed by atoms with Crippen LogP contribution in [0.15, 0.2) is 40.5 Å².